The molecule has 2 fully saturated rings. The second-order valence-corrected chi connectivity index (χ2v) is 14.7. The topological polar surface area (TPSA) is 128 Å². The van der Waals surface area contributed by atoms with E-state index in [0.29, 0.717) is 53.9 Å². The van der Waals surface area contributed by atoms with E-state index in [2.05, 4.69) is 65.4 Å². The van der Waals surface area contributed by atoms with Crippen LogP contribution in [0.3, 0.4) is 0 Å². The third kappa shape index (κ3) is 6.42. The number of aromatic nitrogens is 3. The molecular formula is C40H41ClN6O4. The fourth-order valence-corrected chi connectivity index (χ4v) is 8.24. The number of halogens is 1. The van der Waals surface area contributed by atoms with Crippen molar-refractivity contribution in [3.8, 4) is 0 Å². The summed E-state index contributed by atoms with van der Waals surface area (Å²) in [5, 5.41) is 24.7. The van der Waals surface area contributed by atoms with Gasteiger partial charge in [0.25, 0.3) is 0 Å². The first-order chi connectivity index (χ1) is 24.7. The quantitative estimate of drug-likeness (QED) is 0.151. The molecular weight excluding hydrogens is 664 g/mol. The minimum absolute atomic E-state index is 0.162. The molecule has 11 heteroatoms. The predicted octanol–water partition coefficient (Wildman–Crippen LogP) is 6.80. The average molecular weight is 705 g/mol. The SMILES string of the molecule is Cc1ccccc1C1=CC=CC(Nc2nccc3cc(CN4CC[C@H](O)C4)cnc23)(c2nc3cc(CN4CC[C@@H](C(=O)O)C4)cc(Cl)c3o2)C1C. The Morgan fingerprint density at radius 2 is 1.86 bits per heavy atom. The standard InChI is InChI=1S/C40H41ClN6O4/c1-24-6-3-4-7-31(24)32-8-5-12-40(25(32)2,45-37-35-28(9-13-42-37)16-27(19-43-35)21-47-15-11-30(48)23-47)39-44-34-18-26(17-33(41)36(34)51-39)20-46-14-10-29(22-46)38(49)50/h3-9,12-13,16-19,25,29-30,48H,10-11,14-15,20-23H2,1-2H3,(H,42,45)(H,49,50)/t25?,29-,30+,40?/m1/s1. The van der Waals surface area contributed by atoms with Crippen molar-refractivity contribution in [3.63, 3.8) is 0 Å². The minimum Gasteiger partial charge on any atom is -0.481 e. The number of oxazole rings is 1. The number of rotatable bonds is 9. The third-order valence-electron chi connectivity index (χ3n) is 10.8. The number of hydrogen-bond donors (Lipinski definition) is 3. The van der Waals surface area contributed by atoms with Gasteiger partial charge in [0.15, 0.2) is 11.4 Å². The second-order valence-electron chi connectivity index (χ2n) is 14.3. The molecule has 2 aliphatic heterocycles. The van der Waals surface area contributed by atoms with Crippen LogP contribution in [0, 0.1) is 18.8 Å². The van der Waals surface area contributed by atoms with Crippen LogP contribution in [0.4, 0.5) is 5.82 Å². The lowest BCUT2D eigenvalue weighted by Crippen LogP contribution is -2.42. The minimum atomic E-state index is -0.966. The number of nitrogens with zero attached hydrogens (tertiary/aromatic N) is 5. The number of anilines is 1. The molecule has 2 unspecified atom stereocenters. The van der Waals surface area contributed by atoms with Gasteiger partial charge in [-0.1, -0.05) is 54.9 Å². The molecule has 8 rings (SSSR count). The maximum atomic E-state index is 11.6. The van der Waals surface area contributed by atoms with E-state index in [9.17, 15) is 15.0 Å². The molecule has 0 saturated carbocycles. The van der Waals surface area contributed by atoms with Gasteiger partial charge in [-0.2, -0.15) is 0 Å². The van der Waals surface area contributed by atoms with Crippen LogP contribution in [-0.4, -0.2) is 73.2 Å². The van der Waals surface area contributed by atoms with Gasteiger partial charge in [0.05, 0.1) is 17.0 Å². The molecule has 2 aromatic carbocycles. The van der Waals surface area contributed by atoms with Crippen LogP contribution in [0.15, 0.2) is 83.6 Å². The van der Waals surface area contributed by atoms with E-state index in [4.69, 9.17) is 31.0 Å². The smallest absolute Gasteiger partial charge is 0.307 e. The number of aliphatic hydroxyl groups is 1. The lowest BCUT2D eigenvalue weighted by molar-refractivity contribution is -0.141. The number of carboxylic acid groups (broad SMARTS) is 1. The maximum Gasteiger partial charge on any atom is 0.307 e. The van der Waals surface area contributed by atoms with Crippen molar-refractivity contribution in [2.45, 2.75) is 51.4 Å². The number of aliphatic hydroxyl groups excluding tert-OH is 1. The molecule has 1 aliphatic carbocycles. The highest BCUT2D eigenvalue weighted by Gasteiger charge is 2.45. The van der Waals surface area contributed by atoms with Gasteiger partial charge in [-0.3, -0.25) is 19.6 Å². The number of hydrogen-bond acceptors (Lipinski definition) is 9. The number of likely N-dealkylation sites (tertiary alicyclic amines) is 2. The third-order valence-corrected chi connectivity index (χ3v) is 11.0. The predicted molar refractivity (Wildman–Crippen MR) is 198 cm³/mol. The Bertz CT molecular complexity index is 2200. The van der Waals surface area contributed by atoms with Gasteiger partial charge in [-0.25, -0.2) is 9.97 Å². The number of nitrogens with one attached hydrogen (secondary N) is 1. The van der Waals surface area contributed by atoms with E-state index in [0.717, 1.165) is 59.2 Å². The zero-order chi connectivity index (χ0) is 35.3. The molecule has 0 amide bonds. The van der Waals surface area contributed by atoms with Gasteiger partial charge in [0, 0.05) is 56.4 Å². The van der Waals surface area contributed by atoms with E-state index in [-0.39, 0.29) is 17.9 Å². The first-order valence-electron chi connectivity index (χ1n) is 17.6. The number of fused-ring (bicyclic) bond motifs is 2. The number of carboxylic acids is 1. The summed E-state index contributed by atoms with van der Waals surface area (Å²) in [4.78, 5) is 30.8. The van der Waals surface area contributed by atoms with Crippen LogP contribution in [0.1, 0.15) is 47.9 Å². The summed E-state index contributed by atoms with van der Waals surface area (Å²) < 4.78 is 6.64. The number of benzene rings is 2. The molecule has 5 aromatic rings. The molecule has 3 aliphatic rings. The van der Waals surface area contributed by atoms with Crippen LogP contribution in [-0.2, 0) is 23.4 Å². The lowest BCUT2D eigenvalue weighted by Gasteiger charge is -2.39. The summed E-state index contributed by atoms with van der Waals surface area (Å²) in [5.74, 6) is -0.209. The van der Waals surface area contributed by atoms with E-state index in [1.807, 2.05) is 36.5 Å². The van der Waals surface area contributed by atoms with Gasteiger partial charge in [0.2, 0.25) is 5.89 Å². The number of aliphatic carboxylic acids is 1. The van der Waals surface area contributed by atoms with Crippen LogP contribution in [0.2, 0.25) is 5.02 Å². The molecule has 262 valence electrons. The van der Waals surface area contributed by atoms with E-state index in [1.165, 1.54) is 5.56 Å². The monoisotopic (exact) mass is 704 g/mol. The highest BCUT2D eigenvalue weighted by molar-refractivity contribution is 6.34. The molecule has 3 N–H and O–H groups in total. The Kier molecular flexibility index (Phi) is 8.88. The molecule has 5 heterocycles. The zero-order valence-corrected chi connectivity index (χ0v) is 29.5. The second kappa shape index (κ2) is 13.5. The number of allylic oxidation sites excluding steroid dienone is 2. The van der Waals surface area contributed by atoms with Crippen LogP contribution >= 0.6 is 11.6 Å². The van der Waals surface area contributed by atoms with Gasteiger partial charge < -0.3 is 19.9 Å². The fourth-order valence-electron chi connectivity index (χ4n) is 7.96. The summed E-state index contributed by atoms with van der Waals surface area (Å²) in [7, 11) is 0. The van der Waals surface area contributed by atoms with Crippen molar-refractivity contribution < 1.29 is 19.4 Å². The highest BCUT2D eigenvalue weighted by atomic mass is 35.5. The Morgan fingerprint density at radius 1 is 1.06 bits per heavy atom. The maximum absolute atomic E-state index is 11.6. The first-order valence-corrected chi connectivity index (χ1v) is 18.0. The van der Waals surface area contributed by atoms with Gasteiger partial charge >= 0.3 is 5.97 Å². The van der Waals surface area contributed by atoms with Crippen molar-refractivity contribution in [2.75, 3.05) is 31.5 Å². The molecule has 4 atom stereocenters. The van der Waals surface area contributed by atoms with Crippen LogP contribution in [0.25, 0.3) is 27.6 Å². The number of pyridine rings is 2. The molecule has 51 heavy (non-hydrogen) atoms. The van der Waals surface area contributed by atoms with Crippen LogP contribution < -0.4 is 5.32 Å². The summed E-state index contributed by atoms with van der Waals surface area (Å²) in [6.45, 7) is 8.35. The molecule has 0 radical (unpaired) electrons. The molecule has 0 bridgehead atoms. The zero-order valence-electron chi connectivity index (χ0n) is 28.7. The number of β-amino-alcohol motifs (C(OH)–C–C–N with tert-alkyl or cyclic N) is 1. The molecule has 0 spiro atoms. The van der Waals surface area contributed by atoms with E-state index in [1.54, 1.807) is 6.20 Å². The number of aryl methyl sites for hydroxylation is 1. The molecule has 2 saturated heterocycles. The summed E-state index contributed by atoms with van der Waals surface area (Å²) in [5.41, 5.74) is 6.36. The van der Waals surface area contributed by atoms with Gasteiger partial charge in [-0.15, -0.1) is 0 Å². The van der Waals surface area contributed by atoms with Gasteiger partial charge in [-0.05, 0) is 84.5 Å². The van der Waals surface area contributed by atoms with E-state index >= 15 is 0 Å². The summed E-state index contributed by atoms with van der Waals surface area (Å²) in [6.07, 6.45) is 11.1. The Labute approximate surface area is 301 Å². The fraction of sp³-hybridized carbons (Fsp3) is 0.350. The number of carbonyl (C=O) groups is 1. The average Bonchev–Trinajstić information content (AvgIpc) is 3.87. The molecule has 10 nitrogen and oxygen atoms in total. The van der Waals surface area contributed by atoms with Crippen molar-refractivity contribution in [3.05, 3.63) is 112 Å². The Morgan fingerprint density at radius 3 is 2.65 bits per heavy atom. The normalized spacial score (nSPS) is 24.1. The summed E-state index contributed by atoms with van der Waals surface area (Å²) in [6, 6.07) is 16.4. The first kappa shape index (κ1) is 33.5. The lowest BCUT2D eigenvalue weighted by atomic mass is 9.73. The van der Waals surface area contributed by atoms with Crippen LogP contribution in [0.5, 0.6) is 0 Å². The Balaban J connectivity index is 1.18. The summed E-state index contributed by atoms with van der Waals surface area (Å²) >= 11 is 6.89. The Hall–Kier alpha value is -4.61. The van der Waals surface area contributed by atoms with Crippen molar-refractivity contribution >= 4 is 51.0 Å². The van der Waals surface area contributed by atoms with Crippen molar-refractivity contribution in [1.82, 2.24) is 24.8 Å². The van der Waals surface area contributed by atoms with E-state index < -0.39 is 11.5 Å². The largest absolute Gasteiger partial charge is 0.481 e. The van der Waals surface area contributed by atoms with Crippen molar-refractivity contribution in [2.24, 2.45) is 11.8 Å². The highest BCUT2D eigenvalue weighted by Crippen LogP contribution is 2.46. The molecule has 3 aromatic heterocycles. The van der Waals surface area contributed by atoms with Crippen molar-refractivity contribution in [1.29, 1.82) is 0 Å². The van der Waals surface area contributed by atoms with Gasteiger partial charge in [0.1, 0.15) is 16.6 Å².